The van der Waals surface area contributed by atoms with Gasteiger partial charge in [0.2, 0.25) is 0 Å². The number of rotatable bonds is 2. The number of benzene rings is 3. The highest BCUT2D eigenvalue weighted by molar-refractivity contribution is 8.36. The molecule has 1 aliphatic heterocycles. The van der Waals surface area contributed by atoms with Crippen LogP contribution in [0.25, 0.3) is 23.1 Å². The Morgan fingerprint density at radius 1 is 0.750 bits per heavy atom. The van der Waals surface area contributed by atoms with E-state index in [4.69, 9.17) is 0 Å². The molecule has 0 bridgehead atoms. The van der Waals surface area contributed by atoms with Gasteiger partial charge in [0.1, 0.15) is 0 Å². The van der Waals surface area contributed by atoms with E-state index in [-0.39, 0.29) is 0 Å². The molecule has 28 heavy (non-hydrogen) atoms. The highest BCUT2D eigenvalue weighted by Crippen LogP contribution is 2.74. The molecule has 1 aromatic heterocycles. The van der Waals surface area contributed by atoms with Crippen LogP contribution in [-0.2, 0) is 6.42 Å². The van der Waals surface area contributed by atoms with E-state index in [2.05, 4.69) is 101 Å². The number of allylic oxidation sites excluding steroid dienone is 1. The molecule has 1 nitrogen and oxygen atoms in total. The fourth-order valence-corrected chi connectivity index (χ4v) is 8.40. The Bertz CT molecular complexity index is 1210. The van der Waals surface area contributed by atoms with Gasteiger partial charge in [-0.25, -0.2) is 0 Å². The summed E-state index contributed by atoms with van der Waals surface area (Å²) in [5.41, 5.74) is 5.43. The van der Waals surface area contributed by atoms with E-state index >= 15 is 0 Å². The Balaban J connectivity index is 1.74. The van der Waals surface area contributed by atoms with Crippen molar-refractivity contribution in [1.82, 2.24) is 4.98 Å². The van der Waals surface area contributed by atoms with Crippen molar-refractivity contribution in [2.45, 2.75) is 27.5 Å². The molecular formula is C26H21NS. The summed E-state index contributed by atoms with van der Waals surface area (Å²) in [4.78, 5) is 8.06. The summed E-state index contributed by atoms with van der Waals surface area (Å²) in [6, 6.07) is 26.7. The second-order valence-electron chi connectivity index (χ2n) is 7.45. The van der Waals surface area contributed by atoms with Crippen molar-refractivity contribution in [2.24, 2.45) is 0 Å². The number of hydrogen-bond acceptors (Lipinski definition) is 0. The van der Waals surface area contributed by atoms with Crippen LogP contribution in [0.15, 0.2) is 99.0 Å². The topological polar surface area (TPSA) is 15.8 Å². The molecular weight excluding hydrogens is 358 g/mol. The zero-order valence-corrected chi connectivity index (χ0v) is 16.4. The molecule has 1 N–H and O–H groups in total. The molecule has 3 aromatic carbocycles. The lowest BCUT2D eigenvalue weighted by atomic mass is 10.0. The van der Waals surface area contributed by atoms with E-state index < -0.39 is 10.0 Å². The Hall–Kier alpha value is -2.97. The summed E-state index contributed by atoms with van der Waals surface area (Å²) in [5.74, 6) is 0. The summed E-state index contributed by atoms with van der Waals surface area (Å²) >= 11 is 0. The molecule has 0 spiro atoms. The Morgan fingerprint density at radius 3 is 2.18 bits per heavy atom. The maximum Gasteiger partial charge on any atom is 0.0600 e. The highest BCUT2D eigenvalue weighted by Gasteiger charge is 2.36. The van der Waals surface area contributed by atoms with Crippen LogP contribution < -0.4 is 0 Å². The fourth-order valence-electron chi connectivity index (χ4n) is 4.69. The van der Waals surface area contributed by atoms with E-state index in [0.29, 0.717) is 0 Å². The third-order valence-electron chi connectivity index (χ3n) is 5.95. The fraction of sp³-hybridized carbons (Fsp3) is 0.0769. The lowest BCUT2D eigenvalue weighted by Gasteiger charge is -2.36. The smallest absolute Gasteiger partial charge is 0.0600 e. The van der Waals surface area contributed by atoms with Gasteiger partial charge in [-0.05, 0) is 65.8 Å². The lowest BCUT2D eigenvalue weighted by Crippen LogP contribution is -2.00. The molecule has 0 atom stereocenters. The van der Waals surface area contributed by atoms with Gasteiger partial charge in [0.25, 0.3) is 0 Å². The van der Waals surface area contributed by atoms with E-state index in [1.54, 1.807) is 0 Å². The van der Waals surface area contributed by atoms with Crippen LogP contribution in [-0.4, -0.2) is 4.98 Å². The molecule has 2 aliphatic rings. The molecule has 0 amide bonds. The molecule has 2 heteroatoms. The highest BCUT2D eigenvalue weighted by atomic mass is 32.3. The zero-order chi connectivity index (χ0) is 18.6. The lowest BCUT2D eigenvalue weighted by molar-refractivity contribution is 0.992. The summed E-state index contributed by atoms with van der Waals surface area (Å²) in [6.45, 7) is 0. The standard InChI is InChI=1S/C26H21NS/c1-3-9-20(10-4-1)28(21-11-5-2-6-12-21)18-17-19-15-16-23-22-13-7-8-14-24(22)27-25(23)26(19)28/h1-6,8-12,14-18,27H,7,13H2. The van der Waals surface area contributed by atoms with Crippen molar-refractivity contribution in [1.29, 1.82) is 0 Å². The van der Waals surface area contributed by atoms with Crippen molar-refractivity contribution in [2.75, 3.05) is 0 Å². The maximum atomic E-state index is 3.80. The predicted molar refractivity (Wildman–Crippen MR) is 120 cm³/mol. The predicted octanol–water partition coefficient (Wildman–Crippen LogP) is 7.39. The van der Waals surface area contributed by atoms with Gasteiger partial charge in [0.15, 0.2) is 0 Å². The number of aryl methyl sites for hydroxylation is 1. The summed E-state index contributed by atoms with van der Waals surface area (Å²) < 4.78 is 0. The van der Waals surface area contributed by atoms with Gasteiger partial charge < -0.3 is 4.98 Å². The summed E-state index contributed by atoms with van der Waals surface area (Å²) in [5, 5.41) is 3.86. The van der Waals surface area contributed by atoms with Crippen LogP contribution >= 0.6 is 10.0 Å². The van der Waals surface area contributed by atoms with Gasteiger partial charge in [0, 0.05) is 25.8 Å². The first-order chi connectivity index (χ1) is 13.9. The minimum absolute atomic E-state index is 1.12. The Labute approximate surface area is 166 Å². The zero-order valence-electron chi connectivity index (χ0n) is 15.6. The van der Waals surface area contributed by atoms with Gasteiger partial charge in [-0.1, -0.05) is 54.6 Å². The number of hydrogen-bond donors (Lipinski definition) is 1. The van der Waals surface area contributed by atoms with Gasteiger partial charge in [-0.3, -0.25) is 0 Å². The van der Waals surface area contributed by atoms with Crippen molar-refractivity contribution >= 4 is 33.1 Å². The minimum Gasteiger partial charge on any atom is -0.354 e. The monoisotopic (exact) mass is 379 g/mol. The van der Waals surface area contributed by atoms with Crippen LogP contribution in [0.1, 0.15) is 23.2 Å². The molecule has 0 radical (unpaired) electrons. The average molecular weight is 380 g/mol. The molecule has 2 heterocycles. The van der Waals surface area contributed by atoms with Crippen molar-refractivity contribution in [3.8, 4) is 0 Å². The molecule has 0 saturated heterocycles. The summed E-state index contributed by atoms with van der Waals surface area (Å²) in [7, 11) is -1.44. The number of fused-ring (bicyclic) bond motifs is 5. The normalized spacial score (nSPS) is 17.4. The van der Waals surface area contributed by atoms with E-state index in [9.17, 15) is 0 Å². The third-order valence-corrected chi connectivity index (χ3v) is 9.61. The molecule has 136 valence electrons. The molecule has 0 unspecified atom stereocenters. The second-order valence-corrected chi connectivity index (χ2v) is 10.4. The van der Waals surface area contributed by atoms with Crippen LogP contribution in [0.2, 0.25) is 0 Å². The van der Waals surface area contributed by atoms with Crippen molar-refractivity contribution in [3.05, 3.63) is 101 Å². The number of H-pyrrole nitrogens is 1. The van der Waals surface area contributed by atoms with E-state index in [1.807, 2.05) is 0 Å². The van der Waals surface area contributed by atoms with Crippen LogP contribution in [0.4, 0.5) is 0 Å². The SMILES string of the molecule is C1=Cc2[nH]c3c4c(ccc3c2CC1)C=CS4(c1ccccc1)c1ccccc1. The van der Waals surface area contributed by atoms with E-state index in [1.165, 1.54) is 42.4 Å². The molecule has 6 rings (SSSR count). The van der Waals surface area contributed by atoms with Crippen LogP contribution in [0.3, 0.4) is 0 Å². The van der Waals surface area contributed by atoms with Gasteiger partial charge in [-0.2, -0.15) is 0 Å². The Kier molecular flexibility index (Phi) is 3.44. The molecule has 4 aromatic rings. The minimum atomic E-state index is -1.44. The third kappa shape index (κ3) is 2.10. The number of nitrogens with one attached hydrogen (secondary N) is 1. The quantitative estimate of drug-likeness (QED) is 0.373. The van der Waals surface area contributed by atoms with Gasteiger partial charge >= 0.3 is 0 Å². The number of aromatic nitrogens is 1. The first-order valence-corrected chi connectivity index (χ1v) is 11.5. The average Bonchev–Trinajstić information content (AvgIpc) is 3.34. The summed E-state index contributed by atoms with van der Waals surface area (Å²) in [6.07, 6.45) is 9.13. The van der Waals surface area contributed by atoms with E-state index in [0.717, 1.165) is 12.8 Å². The van der Waals surface area contributed by atoms with Crippen LogP contribution in [0, 0.1) is 0 Å². The largest absolute Gasteiger partial charge is 0.354 e. The van der Waals surface area contributed by atoms with Gasteiger partial charge in [0.05, 0.1) is 5.52 Å². The van der Waals surface area contributed by atoms with Crippen molar-refractivity contribution in [3.63, 3.8) is 0 Å². The first kappa shape index (κ1) is 16.0. The maximum absolute atomic E-state index is 3.80. The molecule has 0 saturated carbocycles. The number of aromatic amines is 1. The van der Waals surface area contributed by atoms with Gasteiger partial charge in [-0.15, -0.1) is 10.0 Å². The molecule has 0 fully saturated rings. The Morgan fingerprint density at radius 2 is 1.46 bits per heavy atom. The first-order valence-electron chi connectivity index (χ1n) is 9.84. The van der Waals surface area contributed by atoms with Crippen LogP contribution in [0.5, 0.6) is 0 Å². The van der Waals surface area contributed by atoms with Crippen molar-refractivity contribution < 1.29 is 0 Å². The second kappa shape index (κ2) is 6.02. The molecule has 1 aliphatic carbocycles.